The smallest absolute Gasteiger partial charge is 0.0862 e. The highest BCUT2D eigenvalue weighted by Gasteiger charge is 2.29. The van der Waals surface area contributed by atoms with Crippen molar-refractivity contribution in [1.29, 1.82) is 0 Å². The number of fused-ring (bicyclic) bond motifs is 1. The van der Waals surface area contributed by atoms with Crippen LogP contribution in [-0.2, 0) is 12.8 Å². The minimum atomic E-state index is 0.439. The number of rotatable bonds is 0. The maximum absolute atomic E-state index is 5.83. The predicted molar refractivity (Wildman–Crippen MR) is 63.7 cm³/mol. The third-order valence-corrected chi connectivity index (χ3v) is 4.39. The molecule has 1 aliphatic rings. The van der Waals surface area contributed by atoms with Crippen LogP contribution in [0.25, 0.3) is 0 Å². The Bertz CT molecular complexity index is 333. The Labute approximate surface area is 90.3 Å². The van der Waals surface area contributed by atoms with Crippen molar-refractivity contribution in [3.63, 3.8) is 0 Å². The summed E-state index contributed by atoms with van der Waals surface area (Å²) in [5.74, 6) is 0.823. The lowest BCUT2D eigenvalue weighted by Crippen LogP contribution is -2.26. The highest BCUT2D eigenvalue weighted by molar-refractivity contribution is 7.16. The van der Waals surface area contributed by atoms with Crippen LogP contribution < -0.4 is 5.73 Å². The molecule has 0 fully saturated rings. The lowest BCUT2D eigenvalue weighted by Gasteiger charge is -2.33. The van der Waals surface area contributed by atoms with Crippen LogP contribution in [0.3, 0.4) is 0 Å². The molecule has 2 heteroatoms. The quantitative estimate of drug-likeness (QED) is 0.695. The summed E-state index contributed by atoms with van der Waals surface area (Å²) in [6, 6.07) is 2.18. The van der Waals surface area contributed by atoms with Crippen LogP contribution in [0.4, 0.5) is 5.00 Å². The molecular weight excluding hydrogens is 190 g/mol. The lowest BCUT2D eigenvalue weighted by molar-refractivity contribution is 0.217. The normalized spacial score (nSPS) is 22.1. The van der Waals surface area contributed by atoms with Gasteiger partial charge in [0.25, 0.3) is 0 Å². The Morgan fingerprint density at radius 2 is 2.14 bits per heavy atom. The summed E-state index contributed by atoms with van der Waals surface area (Å²) in [4.78, 5) is 1.53. The largest absolute Gasteiger partial charge is 0.391 e. The molecule has 0 aromatic carbocycles. The second-order valence-corrected chi connectivity index (χ2v) is 6.57. The number of nitrogen functional groups attached to an aromatic ring is 1. The Morgan fingerprint density at radius 3 is 2.79 bits per heavy atom. The summed E-state index contributed by atoms with van der Waals surface area (Å²) in [6.45, 7) is 7.04. The first-order valence-corrected chi connectivity index (χ1v) is 6.15. The minimum Gasteiger partial charge on any atom is -0.391 e. The van der Waals surface area contributed by atoms with Crippen molar-refractivity contribution in [2.45, 2.75) is 40.0 Å². The molecule has 1 aliphatic carbocycles. The van der Waals surface area contributed by atoms with Crippen molar-refractivity contribution in [1.82, 2.24) is 0 Å². The lowest BCUT2D eigenvalue weighted by atomic mass is 9.72. The van der Waals surface area contributed by atoms with Crippen LogP contribution in [0.2, 0.25) is 0 Å². The van der Waals surface area contributed by atoms with Crippen molar-refractivity contribution in [3.05, 3.63) is 16.5 Å². The Balaban J connectivity index is 2.21. The second-order valence-electron chi connectivity index (χ2n) is 5.40. The zero-order valence-corrected chi connectivity index (χ0v) is 10.1. The number of aryl methyl sites for hydroxylation is 1. The van der Waals surface area contributed by atoms with E-state index in [1.807, 2.05) is 0 Å². The summed E-state index contributed by atoms with van der Waals surface area (Å²) in [6.07, 6.45) is 3.79. The molecule has 0 bridgehead atoms. The Morgan fingerprint density at radius 1 is 1.43 bits per heavy atom. The molecule has 0 radical (unpaired) electrons. The molecule has 2 N–H and O–H groups in total. The molecule has 78 valence electrons. The molecule has 0 saturated heterocycles. The van der Waals surface area contributed by atoms with Crippen LogP contribution >= 0.6 is 11.3 Å². The Kier molecular flexibility index (Phi) is 2.34. The molecular formula is C12H19NS. The van der Waals surface area contributed by atoms with Gasteiger partial charge in [-0.25, -0.2) is 0 Å². The monoisotopic (exact) mass is 209 g/mol. The van der Waals surface area contributed by atoms with Crippen molar-refractivity contribution < 1.29 is 0 Å². The van der Waals surface area contributed by atoms with Gasteiger partial charge in [-0.1, -0.05) is 20.8 Å². The number of nitrogens with two attached hydrogens (primary N) is 1. The van der Waals surface area contributed by atoms with E-state index >= 15 is 0 Å². The first-order chi connectivity index (χ1) is 6.47. The van der Waals surface area contributed by atoms with Crippen molar-refractivity contribution in [2.75, 3.05) is 5.73 Å². The third-order valence-electron chi connectivity index (χ3n) is 3.33. The number of anilines is 1. The van der Waals surface area contributed by atoms with E-state index < -0.39 is 0 Å². The van der Waals surface area contributed by atoms with Crippen molar-refractivity contribution >= 4 is 16.3 Å². The topological polar surface area (TPSA) is 26.0 Å². The van der Waals surface area contributed by atoms with E-state index in [2.05, 4.69) is 26.8 Å². The molecule has 1 aromatic rings. The minimum absolute atomic E-state index is 0.439. The zero-order valence-electron chi connectivity index (χ0n) is 9.26. The summed E-state index contributed by atoms with van der Waals surface area (Å²) in [5.41, 5.74) is 7.78. The average molecular weight is 209 g/mol. The number of thiophene rings is 1. The number of hydrogen-bond acceptors (Lipinski definition) is 2. The van der Waals surface area contributed by atoms with E-state index in [1.165, 1.54) is 29.7 Å². The molecule has 0 saturated carbocycles. The fourth-order valence-corrected chi connectivity index (χ4v) is 3.26. The van der Waals surface area contributed by atoms with E-state index in [0.717, 1.165) is 10.9 Å². The first kappa shape index (κ1) is 10.0. The van der Waals surface area contributed by atoms with E-state index in [4.69, 9.17) is 5.73 Å². The fraction of sp³-hybridized carbons (Fsp3) is 0.667. The molecule has 14 heavy (non-hydrogen) atoms. The molecule has 1 atom stereocenters. The van der Waals surface area contributed by atoms with Gasteiger partial charge < -0.3 is 5.73 Å². The van der Waals surface area contributed by atoms with Gasteiger partial charge in [-0.05, 0) is 42.2 Å². The van der Waals surface area contributed by atoms with Gasteiger partial charge in [-0.2, -0.15) is 0 Å². The summed E-state index contributed by atoms with van der Waals surface area (Å²) < 4.78 is 0. The molecule has 1 unspecified atom stereocenters. The van der Waals surface area contributed by atoms with Gasteiger partial charge >= 0.3 is 0 Å². The van der Waals surface area contributed by atoms with Gasteiger partial charge in [0, 0.05) is 4.88 Å². The molecule has 0 amide bonds. The molecule has 0 spiro atoms. The highest BCUT2D eigenvalue weighted by atomic mass is 32.1. The molecule has 2 rings (SSSR count). The van der Waals surface area contributed by atoms with Crippen LogP contribution in [-0.4, -0.2) is 0 Å². The van der Waals surface area contributed by atoms with E-state index in [0.29, 0.717) is 5.41 Å². The SMILES string of the molecule is CC(C)(C)C1CCc2sc(N)cc2C1. The maximum Gasteiger partial charge on any atom is 0.0862 e. The molecule has 1 heterocycles. The van der Waals surface area contributed by atoms with E-state index in [1.54, 1.807) is 11.3 Å². The van der Waals surface area contributed by atoms with Gasteiger partial charge in [0.15, 0.2) is 0 Å². The van der Waals surface area contributed by atoms with Crippen LogP contribution in [0.5, 0.6) is 0 Å². The predicted octanol–water partition coefficient (Wildman–Crippen LogP) is 3.48. The number of hydrogen-bond donors (Lipinski definition) is 1. The van der Waals surface area contributed by atoms with Crippen LogP contribution in [0.15, 0.2) is 6.07 Å². The van der Waals surface area contributed by atoms with Crippen LogP contribution in [0, 0.1) is 11.3 Å². The molecule has 1 aromatic heterocycles. The summed E-state index contributed by atoms with van der Waals surface area (Å²) >= 11 is 1.78. The van der Waals surface area contributed by atoms with Gasteiger partial charge in [0.05, 0.1) is 5.00 Å². The fourth-order valence-electron chi connectivity index (χ4n) is 2.29. The standard InChI is InChI=1S/C12H19NS/c1-12(2,3)9-4-5-10-8(6-9)7-11(13)14-10/h7,9H,4-6,13H2,1-3H3. The van der Waals surface area contributed by atoms with Crippen molar-refractivity contribution in [2.24, 2.45) is 11.3 Å². The van der Waals surface area contributed by atoms with Gasteiger partial charge in [0.1, 0.15) is 0 Å². The van der Waals surface area contributed by atoms with E-state index in [9.17, 15) is 0 Å². The van der Waals surface area contributed by atoms with E-state index in [-0.39, 0.29) is 0 Å². The maximum atomic E-state index is 5.83. The van der Waals surface area contributed by atoms with Gasteiger partial charge in [-0.15, -0.1) is 11.3 Å². The van der Waals surface area contributed by atoms with Crippen LogP contribution in [0.1, 0.15) is 37.6 Å². The molecule has 0 aliphatic heterocycles. The summed E-state index contributed by atoms with van der Waals surface area (Å²) in [7, 11) is 0. The first-order valence-electron chi connectivity index (χ1n) is 5.34. The van der Waals surface area contributed by atoms with Crippen molar-refractivity contribution in [3.8, 4) is 0 Å². The van der Waals surface area contributed by atoms with Gasteiger partial charge in [-0.3, -0.25) is 0 Å². The molecule has 1 nitrogen and oxygen atoms in total. The summed E-state index contributed by atoms with van der Waals surface area (Å²) in [5, 5.41) is 0.990. The average Bonchev–Trinajstić information content (AvgIpc) is 2.41. The van der Waals surface area contributed by atoms with Gasteiger partial charge in [0.2, 0.25) is 0 Å². The second kappa shape index (κ2) is 3.27. The zero-order chi connectivity index (χ0) is 10.3. The Hall–Kier alpha value is -0.500. The highest BCUT2D eigenvalue weighted by Crippen LogP contribution is 2.40. The third kappa shape index (κ3) is 1.81.